The number of nitrogens with zero attached hydrogens (tertiary/aromatic N) is 1. The third-order valence-corrected chi connectivity index (χ3v) is 7.59. The van der Waals surface area contributed by atoms with Crippen molar-refractivity contribution in [1.29, 1.82) is 0 Å². The number of carbonyl (C=O) groups excluding carboxylic acids is 2. The van der Waals surface area contributed by atoms with Crippen LogP contribution in [0.2, 0.25) is 0 Å². The molecule has 3 aromatic rings. The topological polar surface area (TPSA) is 106 Å². The molecule has 6 atom stereocenters. The molecular weight excluding hydrogens is 536 g/mol. The van der Waals surface area contributed by atoms with Gasteiger partial charge in [-0.2, -0.15) is 0 Å². The lowest BCUT2D eigenvalue weighted by molar-refractivity contribution is -0.211. The minimum Gasteiger partial charge on any atom is -0.460 e. The molecule has 2 heterocycles. The van der Waals surface area contributed by atoms with E-state index in [1.165, 1.54) is 0 Å². The maximum absolute atomic E-state index is 13.3. The zero-order valence-electron chi connectivity index (χ0n) is 23.5. The highest BCUT2D eigenvalue weighted by Crippen LogP contribution is 2.41. The first-order valence-corrected chi connectivity index (χ1v) is 14.5. The lowest BCUT2D eigenvalue weighted by Gasteiger charge is -2.26. The number of carbonyl (C=O) groups is 2. The van der Waals surface area contributed by atoms with Crippen molar-refractivity contribution in [3.8, 4) is 0 Å². The molecule has 2 saturated heterocycles. The van der Waals surface area contributed by atoms with Crippen LogP contribution in [0.4, 0.5) is 4.79 Å². The van der Waals surface area contributed by atoms with Crippen molar-refractivity contribution >= 4 is 12.1 Å². The van der Waals surface area contributed by atoms with Crippen molar-refractivity contribution in [2.75, 3.05) is 13.2 Å². The van der Waals surface area contributed by atoms with Crippen LogP contribution in [-0.4, -0.2) is 65.7 Å². The van der Waals surface area contributed by atoms with Gasteiger partial charge in [-0.15, -0.1) is 0 Å². The Morgan fingerprint density at radius 2 is 1.40 bits per heavy atom. The second-order valence-corrected chi connectivity index (χ2v) is 10.6. The van der Waals surface area contributed by atoms with E-state index in [-0.39, 0.29) is 31.3 Å². The molecule has 9 nitrogen and oxygen atoms in total. The second kappa shape index (κ2) is 14.9. The highest BCUT2D eigenvalue weighted by molar-refractivity contribution is 5.76. The molecule has 2 aliphatic rings. The number of alkyl carbamates (subject to hydrolysis) is 1. The maximum atomic E-state index is 13.3. The summed E-state index contributed by atoms with van der Waals surface area (Å²) in [7, 11) is 0. The molecule has 0 aliphatic carbocycles. The molecule has 5 rings (SSSR count). The standard InChI is InChI=1S/C33H38N2O7/c36-30-29-28(23-41-32(30)40-21-25-14-6-2-7-15-25)35(29)27(31(37)39-20-24-12-4-1-5-13-24)18-10-11-19-34-33(38)42-22-26-16-8-3-9-17-26/h1-9,12-17,27-30,32,36H,10-11,18-23H2,(H,34,38)/t27-,28+,29+,30-,32-,35?/m0/s1. The van der Waals surface area contributed by atoms with Gasteiger partial charge < -0.3 is 29.4 Å². The SMILES string of the molecule is O=C(NCCCC[C@@H](C(=O)OCc1ccccc1)N1[C@H]2[C@H](O)[C@@H](OCc3ccccc3)OC[C@H]21)OCc1ccccc1. The Morgan fingerprint density at radius 3 is 2.02 bits per heavy atom. The summed E-state index contributed by atoms with van der Waals surface area (Å²) in [6.07, 6.45) is -0.291. The van der Waals surface area contributed by atoms with Gasteiger partial charge in [0.05, 0.1) is 25.3 Å². The summed E-state index contributed by atoms with van der Waals surface area (Å²) >= 11 is 0. The molecular formula is C33H38N2O7. The number of hydrogen-bond acceptors (Lipinski definition) is 8. The first-order chi connectivity index (χ1) is 20.6. The van der Waals surface area contributed by atoms with Gasteiger partial charge in [0.2, 0.25) is 0 Å². The highest BCUT2D eigenvalue weighted by Gasteiger charge is 2.61. The van der Waals surface area contributed by atoms with Crippen LogP contribution >= 0.6 is 0 Å². The lowest BCUT2D eigenvalue weighted by atomic mass is 10.1. The van der Waals surface area contributed by atoms with Crippen LogP contribution in [-0.2, 0) is 43.6 Å². The molecule has 1 amide bonds. The zero-order chi connectivity index (χ0) is 29.1. The van der Waals surface area contributed by atoms with Gasteiger partial charge in [-0.05, 0) is 36.0 Å². The van der Waals surface area contributed by atoms with E-state index in [0.29, 0.717) is 39.0 Å². The van der Waals surface area contributed by atoms with Gasteiger partial charge in [0.25, 0.3) is 0 Å². The summed E-state index contributed by atoms with van der Waals surface area (Å²) in [5.74, 6) is -0.336. The van der Waals surface area contributed by atoms with E-state index >= 15 is 0 Å². The Kier molecular flexibility index (Phi) is 10.6. The summed E-state index contributed by atoms with van der Waals surface area (Å²) in [5, 5.41) is 13.8. The molecule has 42 heavy (non-hydrogen) atoms. The zero-order valence-corrected chi connectivity index (χ0v) is 23.5. The molecule has 0 radical (unpaired) electrons. The summed E-state index contributed by atoms with van der Waals surface area (Å²) in [6, 6.07) is 27.9. The Hall–Kier alpha value is -3.76. The van der Waals surface area contributed by atoms with Gasteiger partial charge in [-0.1, -0.05) is 91.0 Å². The third-order valence-electron chi connectivity index (χ3n) is 7.59. The van der Waals surface area contributed by atoms with E-state index in [2.05, 4.69) is 5.32 Å². The van der Waals surface area contributed by atoms with Crippen LogP contribution in [0, 0.1) is 0 Å². The minimum atomic E-state index is -0.891. The van der Waals surface area contributed by atoms with E-state index in [4.69, 9.17) is 18.9 Å². The number of aliphatic hydroxyl groups excluding tert-OH is 1. The maximum Gasteiger partial charge on any atom is 0.407 e. The van der Waals surface area contributed by atoms with Gasteiger partial charge in [0.15, 0.2) is 6.29 Å². The number of nitrogens with one attached hydrogen (secondary N) is 1. The van der Waals surface area contributed by atoms with Crippen LogP contribution in [0.25, 0.3) is 0 Å². The molecule has 0 aromatic heterocycles. The molecule has 0 spiro atoms. The number of hydrogen-bond donors (Lipinski definition) is 2. The van der Waals surface area contributed by atoms with Crippen molar-refractivity contribution in [2.45, 2.75) is 69.6 Å². The van der Waals surface area contributed by atoms with Gasteiger partial charge in [-0.3, -0.25) is 9.69 Å². The van der Waals surface area contributed by atoms with Gasteiger partial charge in [0.1, 0.15) is 25.4 Å². The van der Waals surface area contributed by atoms with E-state index in [1.54, 1.807) is 0 Å². The largest absolute Gasteiger partial charge is 0.460 e. The molecule has 0 bridgehead atoms. The van der Waals surface area contributed by atoms with Crippen LogP contribution in [0.3, 0.4) is 0 Å². The number of esters is 1. The first kappa shape index (κ1) is 29.7. The van der Waals surface area contributed by atoms with Crippen molar-refractivity contribution < 1.29 is 33.6 Å². The average Bonchev–Trinajstić information content (AvgIpc) is 3.76. The predicted octanol–water partition coefficient (Wildman–Crippen LogP) is 4.18. The molecule has 1 unspecified atom stereocenters. The Bertz CT molecular complexity index is 1260. The summed E-state index contributed by atoms with van der Waals surface area (Å²) in [4.78, 5) is 27.4. The lowest BCUT2D eigenvalue weighted by Crippen LogP contribution is -2.42. The minimum absolute atomic E-state index is 0.0862. The number of unbranched alkanes of at least 4 members (excludes halogenated alkanes) is 1. The molecule has 2 N–H and O–H groups in total. The van der Waals surface area contributed by atoms with Crippen molar-refractivity contribution in [2.24, 2.45) is 0 Å². The van der Waals surface area contributed by atoms with Gasteiger partial charge in [-0.25, -0.2) is 4.79 Å². The van der Waals surface area contributed by atoms with E-state index in [9.17, 15) is 14.7 Å². The number of ether oxygens (including phenoxy) is 4. The summed E-state index contributed by atoms with van der Waals surface area (Å²) in [6.45, 7) is 1.49. The van der Waals surface area contributed by atoms with Crippen LogP contribution in [0.1, 0.15) is 36.0 Å². The van der Waals surface area contributed by atoms with E-state index in [1.807, 2.05) is 95.9 Å². The summed E-state index contributed by atoms with van der Waals surface area (Å²) < 4.78 is 22.7. The highest BCUT2D eigenvalue weighted by atomic mass is 16.7. The fourth-order valence-corrected chi connectivity index (χ4v) is 5.34. The van der Waals surface area contributed by atoms with E-state index < -0.39 is 24.5 Å². The fraction of sp³-hybridized carbons (Fsp3) is 0.394. The predicted molar refractivity (Wildman–Crippen MR) is 155 cm³/mol. The number of rotatable bonds is 14. The number of amides is 1. The molecule has 0 saturated carbocycles. The molecule has 2 aliphatic heterocycles. The molecule has 222 valence electrons. The Morgan fingerprint density at radius 1 is 0.833 bits per heavy atom. The summed E-state index contributed by atoms with van der Waals surface area (Å²) in [5.41, 5.74) is 2.81. The molecule has 9 heteroatoms. The fourth-order valence-electron chi connectivity index (χ4n) is 5.34. The van der Waals surface area contributed by atoms with Crippen LogP contribution in [0.5, 0.6) is 0 Å². The number of fused-ring (bicyclic) bond motifs is 1. The van der Waals surface area contributed by atoms with Gasteiger partial charge in [0, 0.05) is 6.54 Å². The van der Waals surface area contributed by atoms with Crippen LogP contribution < -0.4 is 5.32 Å². The first-order valence-electron chi connectivity index (χ1n) is 14.5. The Labute approximate surface area is 246 Å². The molecule has 3 aromatic carbocycles. The normalized spacial score (nSPS) is 23.3. The van der Waals surface area contributed by atoms with Crippen LogP contribution in [0.15, 0.2) is 91.0 Å². The van der Waals surface area contributed by atoms with Crippen molar-refractivity contribution in [3.05, 3.63) is 108 Å². The van der Waals surface area contributed by atoms with E-state index in [0.717, 1.165) is 16.7 Å². The number of benzene rings is 3. The van der Waals surface area contributed by atoms with Crippen molar-refractivity contribution in [3.63, 3.8) is 0 Å². The third kappa shape index (κ3) is 8.17. The van der Waals surface area contributed by atoms with Crippen molar-refractivity contribution in [1.82, 2.24) is 10.2 Å². The smallest absolute Gasteiger partial charge is 0.407 e. The quantitative estimate of drug-likeness (QED) is 0.168. The monoisotopic (exact) mass is 574 g/mol. The second-order valence-electron chi connectivity index (χ2n) is 10.6. The average molecular weight is 575 g/mol. The molecule has 2 fully saturated rings. The Balaban J connectivity index is 1.12. The van der Waals surface area contributed by atoms with Gasteiger partial charge >= 0.3 is 12.1 Å². The number of aliphatic hydroxyl groups is 1.